The molecule has 0 aromatic carbocycles. The summed E-state index contributed by atoms with van der Waals surface area (Å²) in [5, 5.41) is 5.69. The van der Waals surface area contributed by atoms with Crippen LogP contribution in [-0.4, -0.2) is 42.7 Å². The molecule has 0 atom stereocenters. The van der Waals surface area contributed by atoms with Crippen molar-refractivity contribution >= 4 is 17.5 Å². The van der Waals surface area contributed by atoms with E-state index in [1.807, 2.05) is 13.8 Å². The van der Waals surface area contributed by atoms with E-state index in [0.717, 1.165) is 5.56 Å². The Kier molecular flexibility index (Phi) is 6.01. The smallest absolute Gasteiger partial charge is 0.239 e. The Balaban J connectivity index is 2.58. The van der Waals surface area contributed by atoms with Crippen molar-refractivity contribution in [3.8, 4) is 0 Å². The lowest BCUT2D eigenvalue weighted by atomic mass is 10.0. The van der Waals surface area contributed by atoms with E-state index in [4.69, 9.17) is 10.5 Å². The third-order valence-corrected chi connectivity index (χ3v) is 2.54. The molecular weight excluding hydrogens is 246 g/mol. The number of aromatic nitrogens is 2. The predicted octanol–water partition coefficient (Wildman–Crippen LogP) is 0.357. The second-order valence-corrected chi connectivity index (χ2v) is 4.37. The molecule has 0 unspecified atom stereocenters. The Morgan fingerprint density at radius 1 is 1.47 bits per heavy atom. The van der Waals surface area contributed by atoms with E-state index < -0.39 is 0 Å². The summed E-state index contributed by atoms with van der Waals surface area (Å²) in [5.41, 5.74) is 6.64. The lowest BCUT2D eigenvalue weighted by Gasteiger charge is -2.14. The number of nitrogens with zero attached hydrogens (tertiary/aromatic N) is 2. The summed E-state index contributed by atoms with van der Waals surface area (Å²) in [7, 11) is 1.59. The Labute approximate surface area is 113 Å². The van der Waals surface area contributed by atoms with Gasteiger partial charge in [-0.2, -0.15) is 0 Å². The van der Waals surface area contributed by atoms with Gasteiger partial charge < -0.3 is 21.1 Å². The first kappa shape index (κ1) is 15.2. The summed E-state index contributed by atoms with van der Waals surface area (Å²) in [6.45, 7) is 5.11. The predicted molar refractivity (Wildman–Crippen MR) is 73.9 cm³/mol. The molecule has 0 aliphatic rings. The highest BCUT2D eigenvalue weighted by molar-refractivity contribution is 5.80. The zero-order chi connectivity index (χ0) is 14.3. The molecule has 1 rings (SSSR count). The van der Waals surface area contributed by atoms with Crippen LogP contribution in [0.5, 0.6) is 0 Å². The molecule has 0 saturated carbocycles. The number of nitrogens with two attached hydrogens (primary N) is 1. The van der Waals surface area contributed by atoms with Gasteiger partial charge in [-0.1, -0.05) is 13.8 Å². The van der Waals surface area contributed by atoms with Gasteiger partial charge in [-0.15, -0.1) is 0 Å². The van der Waals surface area contributed by atoms with Crippen molar-refractivity contribution in [3.05, 3.63) is 11.9 Å². The minimum absolute atomic E-state index is 0.121. The highest BCUT2D eigenvalue weighted by Crippen LogP contribution is 2.25. The maximum Gasteiger partial charge on any atom is 0.239 e. The topological polar surface area (TPSA) is 102 Å². The van der Waals surface area contributed by atoms with Gasteiger partial charge in [0.05, 0.1) is 13.2 Å². The largest absolute Gasteiger partial charge is 0.383 e. The van der Waals surface area contributed by atoms with E-state index in [1.165, 1.54) is 6.33 Å². The van der Waals surface area contributed by atoms with Gasteiger partial charge >= 0.3 is 0 Å². The highest BCUT2D eigenvalue weighted by Gasteiger charge is 2.13. The van der Waals surface area contributed by atoms with Crippen LogP contribution in [0.3, 0.4) is 0 Å². The number of carbonyl (C=O) groups excluding carboxylic acids is 1. The standard InChI is InChI=1S/C12H21N5O2/c1-8(2)10-11(13)16-7-17-12(10)15-6-9(18)14-4-5-19-3/h7-8H,4-6H2,1-3H3,(H,14,18)(H3,13,15,16,17). The molecule has 1 aromatic rings. The van der Waals surface area contributed by atoms with Crippen LogP contribution in [0.15, 0.2) is 6.33 Å². The summed E-state index contributed by atoms with van der Waals surface area (Å²) in [4.78, 5) is 19.6. The first-order chi connectivity index (χ1) is 9.06. The normalized spacial score (nSPS) is 10.5. The fraction of sp³-hybridized carbons (Fsp3) is 0.583. The van der Waals surface area contributed by atoms with Crippen LogP contribution in [0.2, 0.25) is 0 Å². The molecule has 4 N–H and O–H groups in total. The highest BCUT2D eigenvalue weighted by atomic mass is 16.5. The molecule has 106 valence electrons. The third kappa shape index (κ3) is 4.70. The first-order valence-corrected chi connectivity index (χ1v) is 6.16. The number of hydrogen-bond acceptors (Lipinski definition) is 6. The van der Waals surface area contributed by atoms with Crippen molar-refractivity contribution in [2.75, 3.05) is 37.9 Å². The summed E-state index contributed by atoms with van der Waals surface area (Å²) in [5.74, 6) is 1.10. The number of nitrogen functional groups attached to an aromatic ring is 1. The average molecular weight is 267 g/mol. The molecule has 0 spiro atoms. The summed E-state index contributed by atoms with van der Waals surface area (Å²) < 4.78 is 4.85. The number of amides is 1. The van der Waals surface area contributed by atoms with Gasteiger partial charge in [0.25, 0.3) is 0 Å². The molecule has 0 aliphatic carbocycles. The molecule has 0 radical (unpaired) electrons. The van der Waals surface area contributed by atoms with Gasteiger partial charge in [0.1, 0.15) is 18.0 Å². The summed E-state index contributed by atoms with van der Waals surface area (Å²) in [6.07, 6.45) is 1.38. The minimum atomic E-state index is -0.121. The number of carbonyl (C=O) groups is 1. The van der Waals surface area contributed by atoms with Crippen LogP contribution < -0.4 is 16.4 Å². The minimum Gasteiger partial charge on any atom is -0.383 e. The van der Waals surface area contributed by atoms with Gasteiger partial charge in [0.2, 0.25) is 5.91 Å². The SMILES string of the molecule is COCCNC(=O)CNc1ncnc(N)c1C(C)C. The Morgan fingerprint density at radius 2 is 2.21 bits per heavy atom. The maximum atomic E-state index is 11.6. The van der Waals surface area contributed by atoms with Crippen molar-refractivity contribution in [3.63, 3.8) is 0 Å². The Hall–Kier alpha value is -1.89. The van der Waals surface area contributed by atoms with Crippen LogP contribution in [0, 0.1) is 0 Å². The molecular formula is C12H21N5O2. The van der Waals surface area contributed by atoms with Crippen LogP contribution >= 0.6 is 0 Å². The van der Waals surface area contributed by atoms with Crippen LogP contribution in [-0.2, 0) is 9.53 Å². The zero-order valence-corrected chi connectivity index (χ0v) is 11.6. The van der Waals surface area contributed by atoms with Crippen molar-refractivity contribution in [2.24, 2.45) is 0 Å². The average Bonchev–Trinajstić information content (AvgIpc) is 2.36. The molecule has 0 fully saturated rings. The number of hydrogen-bond donors (Lipinski definition) is 3. The Bertz CT molecular complexity index is 423. The van der Waals surface area contributed by atoms with E-state index in [2.05, 4.69) is 20.6 Å². The fourth-order valence-corrected chi connectivity index (χ4v) is 1.64. The van der Waals surface area contributed by atoms with Gasteiger partial charge in [0.15, 0.2) is 0 Å². The van der Waals surface area contributed by atoms with E-state index in [0.29, 0.717) is 24.8 Å². The van der Waals surface area contributed by atoms with Crippen molar-refractivity contribution < 1.29 is 9.53 Å². The van der Waals surface area contributed by atoms with Gasteiger partial charge in [-0.3, -0.25) is 4.79 Å². The van der Waals surface area contributed by atoms with Crippen LogP contribution in [0.1, 0.15) is 25.3 Å². The van der Waals surface area contributed by atoms with Gasteiger partial charge in [0, 0.05) is 19.2 Å². The molecule has 1 heterocycles. The van der Waals surface area contributed by atoms with E-state index in [1.54, 1.807) is 7.11 Å². The van der Waals surface area contributed by atoms with Crippen molar-refractivity contribution in [2.45, 2.75) is 19.8 Å². The molecule has 19 heavy (non-hydrogen) atoms. The summed E-state index contributed by atoms with van der Waals surface area (Å²) >= 11 is 0. The van der Waals surface area contributed by atoms with Crippen molar-refractivity contribution in [1.29, 1.82) is 0 Å². The van der Waals surface area contributed by atoms with E-state index >= 15 is 0 Å². The van der Waals surface area contributed by atoms with E-state index in [-0.39, 0.29) is 18.4 Å². The lowest BCUT2D eigenvalue weighted by molar-refractivity contribution is -0.119. The first-order valence-electron chi connectivity index (χ1n) is 6.16. The number of anilines is 2. The van der Waals surface area contributed by atoms with Gasteiger partial charge in [-0.05, 0) is 5.92 Å². The second kappa shape index (κ2) is 7.52. The van der Waals surface area contributed by atoms with Gasteiger partial charge in [-0.25, -0.2) is 9.97 Å². The number of rotatable bonds is 7. The number of methoxy groups -OCH3 is 1. The molecule has 7 heteroatoms. The Morgan fingerprint density at radius 3 is 2.84 bits per heavy atom. The monoisotopic (exact) mass is 267 g/mol. The van der Waals surface area contributed by atoms with Crippen molar-refractivity contribution in [1.82, 2.24) is 15.3 Å². The van der Waals surface area contributed by atoms with Crippen LogP contribution in [0.4, 0.5) is 11.6 Å². The van der Waals surface area contributed by atoms with Crippen LogP contribution in [0.25, 0.3) is 0 Å². The summed E-state index contributed by atoms with van der Waals surface area (Å²) in [6, 6.07) is 0. The molecule has 7 nitrogen and oxygen atoms in total. The zero-order valence-electron chi connectivity index (χ0n) is 11.6. The number of ether oxygens (including phenoxy) is 1. The fourth-order valence-electron chi connectivity index (χ4n) is 1.64. The molecule has 0 bridgehead atoms. The molecule has 1 amide bonds. The van der Waals surface area contributed by atoms with E-state index in [9.17, 15) is 4.79 Å². The molecule has 1 aromatic heterocycles. The lowest BCUT2D eigenvalue weighted by Crippen LogP contribution is -2.32. The second-order valence-electron chi connectivity index (χ2n) is 4.37. The maximum absolute atomic E-state index is 11.6. The quantitative estimate of drug-likeness (QED) is 0.616. The third-order valence-electron chi connectivity index (χ3n) is 2.54. The number of nitrogens with one attached hydrogen (secondary N) is 2. The molecule has 0 saturated heterocycles. The molecule has 0 aliphatic heterocycles.